The highest BCUT2D eigenvalue weighted by atomic mass is 32.1. The van der Waals surface area contributed by atoms with Gasteiger partial charge in [0.15, 0.2) is 5.13 Å². The molecule has 0 aliphatic carbocycles. The quantitative estimate of drug-likeness (QED) is 0.809. The van der Waals surface area contributed by atoms with E-state index in [4.69, 9.17) is 5.73 Å². The van der Waals surface area contributed by atoms with Gasteiger partial charge in [-0.25, -0.2) is 9.78 Å². The molecule has 2 atom stereocenters. The van der Waals surface area contributed by atoms with Crippen LogP contribution in [0.15, 0.2) is 35.7 Å². The lowest BCUT2D eigenvalue weighted by atomic mass is 10.1. The molecule has 8 heteroatoms. The van der Waals surface area contributed by atoms with E-state index in [1.54, 1.807) is 6.92 Å². The van der Waals surface area contributed by atoms with Gasteiger partial charge in [0.25, 0.3) is 0 Å². The van der Waals surface area contributed by atoms with Crippen LogP contribution >= 0.6 is 11.3 Å². The topological polar surface area (TPSA) is 97.5 Å². The van der Waals surface area contributed by atoms with Gasteiger partial charge in [0.1, 0.15) is 6.61 Å². The van der Waals surface area contributed by atoms with Gasteiger partial charge in [0, 0.05) is 17.6 Å². The van der Waals surface area contributed by atoms with Gasteiger partial charge in [-0.05, 0) is 25.0 Å². The van der Waals surface area contributed by atoms with E-state index in [2.05, 4.69) is 32.1 Å². The van der Waals surface area contributed by atoms with Crippen molar-refractivity contribution < 1.29 is 14.3 Å². The first-order valence-electron chi connectivity index (χ1n) is 8.55. The number of primary amides is 1. The second-order valence-electron chi connectivity index (χ2n) is 6.28. The van der Waals surface area contributed by atoms with Gasteiger partial charge in [0.2, 0.25) is 5.91 Å². The SMILES string of the molecule is CC(COC(N)=O)C(=O)Nc1nc(C2CCCN2c2ccccc2)cs1. The number of hydrogen-bond acceptors (Lipinski definition) is 6. The molecule has 1 fully saturated rings. The lowest BCUT2D eigenvalue weighted by Crippen LogP contribution is -2.27. The van der Waals surface area contributed by atoms with E-state index in [0.717, 1.165) is 25.1 Å². The van der Waals surface area contributed by atoms with Gasteiger partial charge >= 0.3 is 6.09 Å². The third-order valence-electron chi connectivity index (χ3n) is 4.36. The highest BCUT2D eigenvalue weighted by Crippen LogP contribution is 2.37. The Labute approximate surface area is 156 Å². The summed E-state index contributed by atoms with van der Waals surface area (Å²) in [5.74, 6) is -0.749. The number of hydrogen-bond donors (Lipinski definition) is 2. The van der Waals surface area contributed by atoms with Crippen molar-refractivity contribution in [1.29, 1.82) is 0 Å². The Morgan fingerprint density at radius 3 is 2.92 bits per heavy atom. The Hall–Kier alpha value is -2.61. The second kappa shape index (κ2) is 8.18. The molecule has 2 amide bonds. The summed E-state index contributed by atoms with van der Waals surface area (Å²) in [5, 5.41) is 5.33. The van der Waals surface area contributed by atoms with Crippen LogP contribution in [0.1, 0.15) is 31.5 Å². The predicted molar refractivity (Wildman–Crippen MR) is 101 cm³/mol. The zero-order chi connectivity index (χ0) is 18.5. The van der Waals surface area contributed by atoms with E-state index in [0.29, 0.717) is 5.13 Å². The number of thiazole rings is 1. The Bertz CT molecular complexity index is 765. The largest absolute Gasteiger partial charge is 0.449 e. The minimum absolute atomic E-state index is 0.0518. The fraction of sp³-hybridized carbons (Fsp3) is 0.389. The van der Waals surface area contributed by atoms with Crippen molar-refractivity contribution >= 4 is 34.2 Å². The summed E-state index contributed by atoms with van der Waals surface area (Å²) in [7, 11) is 0. The van der Waals surface area contributed by atoms with Crippen LogP contribution in [0.2, 0.25) is 0 Å². The molecule has 0 spiro atoms. The standard InChI is InChI=1S/C18H22N4O3S/c1-12(10-25-17(19)24)16(23)21-18-20-14(11-26-18)15-8-5-9-22(15)13-6-3-2-4-7-13/h2-4,6-7,11-12,15H,5,8-10H2,1H3,(H2,19,24)(H,20,21,23). The number of ether oxygens (including phenoxy) is 1. The smallest absolute Gasteiger partial charge is 0.404 e. The fourth-order valence-corrected chi connectivity index (χ4v) is 3.77. The summed E-state index contributed by atoms with van der Waals surface area (Å²) in [6.45, 7) is 2.61. The maximum atomic E-state index is 12.2. The minimum atomic E-state index is -0.886. The second-order valence-corrected chi connectivity index (χ2v) is 7.14. The van der Waals surface area contributed by atoms with Gasteiger partial charge < -0.3 is 20.7 Å². The molecule has 0 saturated carbocycles. The predicted octanol–water partition coefficient (Wildman–Crippen LogP) is 3.15. The van der Waals surface area contributed by atoms with Gasteiger partial charge in [-0.15, -0.1) is 11.3 Å². The van der Waals surface area contributed by atoms with Crippen LogP contribution in [0.5, 0.6) is 0 Å². The number of anilines is 2. The molecule has 1 saturated heterocycles. The Morgan fingerprint density at radius 2 is 2.19 bits per heavy atom. The van der Waals surface area contributed by atoms with Crippen LogP contribution in [-0.2, 0) is 9.53 Å². The molecule has 1 aliphatic rings. The van der Waals surface area contributed by atoms with Crippen molar-refractivity contribution in [3.8, 4) is 0 Å². The fourth-order valence-electron chi connectivity index (χ4n) is 3.01. The van der Waals surface area contributed by atoms with Crippen LogP contribution in [0.25, 0.3) is 0 Å². The number of nitrogens with zero attached hydrogens (tertiary/aromatic N) is 2. The molecule has 1 aromatic heterocycles. The zero-order valence-electron chi connectivity index (χ0n) is 14.6. The van der Waals surface area contributed by atoms with Crippen molar-refractivity contribution in [2.45, 2.75) is 25.8 Å². The maximum Gasteiger partial charge on any atom is 0.404 e. The Balaban J connectivity index is 1.64. The summed E-state index contributed by atoms with van der Waals surface area (Å²) in [6.07, 6.45) is 1.26. The number of amides is 2. The number of para-hydroxylation sites is 1. The first-order valence-corrected chi connectivity index (χ1v) is 9.43. The van der Waals surface area contributed by atoms with Gasteiger partial charge in [-0.2, -0.15) is 0 Å². The van der Waals surface area contributed by atoms with E-state index in [1.165, 1.54) is 17.0 Å². The Kier molecular flexibility index (Phi) is 5.72. The van der Waals surface area contributed by atoms with E-state index < -0.39 is 12.0 Å². The van der Waals surface area contributed by atoms with Crippen LogP contribution < -0.4 is 16.0 Å². The summed E-state index contributed by atoms with van der Waals surface area (Å²) in [4.78, 5) is 29.7. The minimum Gasteiger partial charge on any atom is -0.449 e. The van der Waals surface area contributed by atoms with Crippen LogP contribution in [-0.4, -0.2) is 30.1 Å². The highest BCUT2D eigenvalue weighted by molar-refractivity contribution is 7.13. The maximum absolute atomic E-state index is 12.2. The number of carbonyl (C=O) groups is 2. The molecule has 3 N–H and O–H groups in total. The molecule has 1 aromatic carbocycles. The average molecular weight is 374 g/mol. The first-order chi connectivity index (χ1) is 12.5. The molecule has 2 unspecified atom stereocenters. The molecule has 3 rings (SSSR count). The number of benzene rings is 1. The van der Waals surface area contributed by atoms with E-state index in [1.807, 2.05) is 23.6 Å². The molecule has 2 aromatic rings. The van der Waals surface area contributed by atoms with Crippen molar-refractivity contribution in [3.63, 3.8) is 0 Å². The summed E-state index contributed by atoms with van der Waals surface area (Å²) < 4.78 is 4.67. The summed E-state index contributed by atoms with van der Waals surface area (Å²) >= 11 is 1.40. The lowest BCUT2D eigenvalue weighted by molar-refractivity contribution is -0.120. The molecule has 0 radical (unpaired) electrons. The average Bonchev–Trinajstić information content (AvgIpc) is 3.29. The van der Waals surface area contributed by atoms with Crippen molar-refractivity contribution in [2.24, 2.45) is 11.7 Å². The summed E-state index contributed by atoms with van der Waals surface area (Å²) in [6, 6.07) is 10.5. The van der Waals surface area contributed by atoms with Crippen molar-refractivity contribution in [3.05, 3.63) is 41.4 Å². The van der Waals surface area contributed by atoms with Gasteiger partial charge in [0.05, 0.1) is 17.7 Å². The normalized spacial score (nSPS) is 17.7. The lowest BCUT2D eigenvalue weighted by Gasteiger charge is -2.25. The molecule has 138 valence electrons. The van der Waals surface area contributed by atoms with Crippen LogP contribution in [0, 0.1) is 5.92 Å². The third-order valence-corrected chi connectivity index (χ3v) is 5.13. The zero-order valence-corrected chi connectivity index (χ0v) is 15.4. The third kappa shape index (κ3) is 4.32. The van der Waals surface area contributed by atoms with E-state index in [-0.39, 0.29) is 18.6 Å². The monoisotopic (exact) mass is 374 g/mol. The van der Waals surface area contributed by atoms with Crippen molar-refractivity contribution in [2.75, 3.05) is 23.4 Å². The molecule has 2 heterocycles. The van der Waals surface area contributed by atoms with E-state index >= 15 is 0 Å². The first kappa shape index (κ1) is 18.2. The Morgan fingerprint density at radius 1 is 1.42 bits per heavy atom. The molecule has 26 heavy (non-hydrogen) atoms. The number of nitrogens with one attached hydrogen (secondary N) is 1. The van der Waals surface area contributed by atoms with Crippen LogP contribution in [0.3, 0.4) is 0 Å². The molecule has 1 aliphatic heterocycles. The number of aromatic nitrogens is 1. The van der Waals surface area contributed by atoms with Crippen molar-refractivity contribution in [1.82, 2.24) is 4.98 Å². The number of rotatable bonds is 6. The molecule has 7 nitrogen and oxygen atoms in total. The summed E-state index contributed by atoms with van der Waals surface area (Å²) in [5.41, 5.74) is 7.07. The van der Waals surface area contributed by atoms with Crippen LogP contribution in [0.4, 0.5) is 15.6 Å². The highest BCUT2D eigenvalue weighted by Gasteiger charge is 2.28. The molecular formula is C18H22N4O3S. The van der Waals surface area contributed by atoms with E-state index in [9.17, 15) is 9.59 Å². The van der Waals surface area contributed by atoms with Gasteiger partial charge in [-0.3, -0.25) is 4.79 Å². The van der Waals surface area contributed by atoms with Gasteiger partial charge in [-0.1, -0.05) is 25.1 Å². The number of carbonyl (C=O) groups excluding carboxylic acids is 2. The molecule has 0 bridgehead atoms. The number of nitrogens with two attached hydrogens (primary N) is 1. The molecular weight excluding hydrogens is 352 g/mol.